The molecule has 0 amide bonds. The summed E-state index contributed by atoms with van der Waals surface area (Å²) >= 11 is 0. The predicted octanol–water partition coefficient (Wildman–Crippen LogP) is 12.0. The quantitative estimate of drug-likeness (QED) is 0.162. The first kappa shape index (κ1) is 32.9. The summed E-state index contributed by atoms with van der Waals surface area (Å²) in [6.07, 6.45) is 28.5. The van der Waals surface area contributed by atoms with Crippen molar-refractivity contribution >= 4 is 6.08 Å². The van der Waals surface area contributed by atoms with Crippen LogP contribution in [0.15, 0.2) is 206 Å². The summed E-state index contributed by atoms with van der Waals surface area (Å²) in [6.45, 7) is 0. The molecule has 0 N–H and O–H groups in total. The monoisotopic (exact) mass is 647 g/mol. The average molecular weight is 648 g/mol. The fourth-order valence-electron chi connectivity index (χ4n) is 7.42. The minimum absolute atomic E-state index is 0.360. The van der Waals surface area contributed by atoms with Crippen LogP contribution in [0.25, 0.3) is 6.08 Å². The number of allylic oxidation sites excluding steroid dienone is 8. The minimum atomic E-state index is -0.360. The summed E-state index contributed by atoms with van der Waals surface area (Å²) in [7, 11) is 0. The molecule has 0 saturated heterocycles. The van der Waals surface area contributed by atoms with Crippen molar-refractivity contribution < 1.29 is 0 Å². The van der Waals surface area contributed by atoms with Gasteiger partial charge in [-0.05, 0) is 83.2 Å². The molecule has 0 unspecified atom stereocenters. The van der Waals surface area contributed by atoms with Crippen LogP contribution in [-0.4, -0.2) is 4.90 Å². The van der Waals surface area contributed by atoms with Crippen LogP contribution in [0.1, 0.15) is 58.2 Å². The van der Waals surface area contributed by atoms with E-state index in [-0.39, 0.29) is 5.41 Å². The van der Waals surface area contributed by atoms with Crippen molar-refractivity contribution in [2.75, 3.05) is 0 Å². The number of benzene rings is 5. The van der Waals surface area contributed by atoms with Gasteiger partial charge in [0.2, 0.25) is 0 Å². The van der Waals surface area contributed by atoms with Gasteiger partial charge in [0, 0.05) is 29.4 Å². The zero-order chi connectivity index (χ0) is 33.9. The molecule has 1 nitrogen and oxygen atoms in total. The highest BCUT2D eigenvalue weighted by Crippen LogP contribution is 2.45. The van der Waals surface area contributed by atoms with Gasteiger partial charge in [0.05, 0.1) is 0 Å². The normalized spacial score (nSPS) is 17.8. The maximum absolute atomic E-state index is 2.48. The fourth-order valence-corrected chi connectivity index (χ4v) is 7.42. The molecule has 5 aromatic carbocycles. The third-order valence-electron chi connectivity index (χ3n) is 9.96. The molecule has 0 bridgehead atoms. The number of hydrogen-bond acceptors (Lipinski definition) is 1. The summed E-state index contributed by atoms with van der Waals surface area (Å²) in [6, 6.07) is 50.9. The van der Waals surface area contributed by atoms with E-state index in [1.807, 2.05) is 0 Å². The average Bonchev–Trinajstić information content (AvgIpc) is 3.26. The number of rotatable bonds is 8. The molecule has 7 rings (SSSR count). The number of hydrogen-bond donors (Lipinski definition) is 0. The molecule has 2 aliphatic rings. The molecule has 1 heteroatoms. The Balaban J connectivity index is 1.38. The first-order chi connectivity index (χ1) is 24.8. The molecule has 0 spiro atoms. The highest BCUT2D eigenvalue weighted by Gasteiger charge is 2.37. The maximum atomic E-state index is 2.48. The van der Waals surface area contributed by atoms with Gasteiger partial charge in [0.25, 0.3) is 0 Å². The fraction of sp³-hybridized carbons (Fsp3) is 0.143. The molecule has 2 aliphatic carbocycles. The van der Waals surface area contributed by atoms with E-state index in [0.717, 1.165) is 38.5 Å². The standard InChI is InChI=1S/C49H45N/c1-2-13-33-47(39-43-27-15-14-25-41(43)24-8-1)50(38-19-18-23-40-21-6-3-7-22-40)46-34-20-28-42-26-16-17-35-48(42)49(37-36-46,44-29-9-4-10-30-44)45-31-11-5-12-32-45/h1-17,19-22,25-27,29-32,34-36,38-39H,18,23-24,28,33,37H2/b8-1-,13-2-,34-20?,38-19+,46-36?,47-39+. The van der Waals surface area contributed by atoms with Gasteiger partial charge >= 0.3 is 0 Å². The molecule has 50 heavy (non-hydrogen) atoms. The largest absolute Gasteiger partial charge is 0.321 e. The van der Waals surface area contributed by atoms with Crippen LogP contribution in [0.4, 0.5) is 0 Å². The van der Waals surface area contributed by atoms with Crippen molar-refractivity contribution in [3.8, 4) is 0 Å². The van der Waals surface area contributed by atoms with E-state index >= 15 is 0 Å². The molecule has 0 saturated carbocycles. The second kappa shape index (κ2) is 16.2. The van der Waals surface area contributed by atoms with E-state index in [4.69, 9.17) is 0 Å². The van der Waals surface area contributed by atoms with Crippen molar-refractivity contribution in [3.63, 3.8) is 0 Å². The molecule has 246 valence electrons. The number of aryl methyl sites for hydroxylation is 1. The van der Waals surface area contributed by atoms with E-state index in [1.165, 1.54) is 50.3 Å². The van der Waals surface area contributed by atoms with Gasteiger partial charge in [-0.3, -0.25) is 0 Å². The Labute approximate surface area is 298 Å². The molecule has 5 aromatic rings. The lowest BCUT2D eigenvalue weighted by atomic mass is 9.66. The van der Waals surface area contributed by atoms with Crippen LogP contribution in [0.5, 0.6) is 0 Å². The van der Waals surface area contributed by atoms with Crippen LogP contribution < -0.4 is 0 Å². The third kappa shape index (κ3) is 7.48. The van der Waals surface area contributed by atoms with Gasteiger partial charge < -0.3 is 4.90 Å². The highest BCUT2D eigenvalue weighted by atomic mass is 15.1. The van der Waals surface area contributed by atoms with Crippen molar-refractivity contribution in [1.82, 2.24) is 4.90 Å². The van der Waals surface area contributed by atoms with Crippen molar-refractivity contribution in [2.24, 2.45) is 0 Å². The molecule has 0 aliphatic heterocycles. The van der Waals surface area contributed by atoms with E-state index in [1.54, 1.807) is 0 Å². The van der Waals surface area contributed by atoms with Crippen molar-refractivity contribution in [2.45, 2.75) is 43.9 Å². The zero-order valence-corrected chi connectivity index (χ0v) is 28.7. The Morgan fingerprint density at radius 2 is 1.18 bits per heavy atom. The van der Waals surface area contributed by atoms with Crippen LogP contribution >= 0.6 is 0 Å². The zero-order valence-electron chi connectivity index (χ0n) is 28.7. The van der Waals surface area contributed by atoms with E-state index in [0.29, 0.717) is 0 Å². The van der Waals surface area contributed by atoms with E-state index in [9.17, 15) is 0 Å². The third-order valence-corrected chi connectivity index (χ3v) is 9.96. The summed E-state index contributed by atoms with van der Waals surface area (Å²) < 4.78 is 0. The summed E-state index contributed by atoms with van der Waals surface area (Å²) in [5.41, 5.74) is 11.4. The number of fused-ring (bicyclic) bond motifs is 2. The lowest BCUT2D eigenvalue weighted by Gasteiger charge is -2.37. The van der Waals surface area contributed by atoms with Crippen LogP contribution in [0, 0.1) is 0 Å². The van der Waals surface area contributed by atoms with Gasteiger partial charge in [0.1, 0.15) is 0 Å². The van der Waals surface area contributed by atoms with Gasteiger partial charge in [-0.2, -0.15) is 0 Å². The van der Waals surface area contributed by atoms with E-state index < -0.39 is 0 Å². The Kier molecular flexibility index (Phi) is 10.6. The molecule has 0 atom stereocenters. The second-order valence-electron chi connectivity index (χ2n) is 13.1. The maximum Gasteiger partial charge on any atom is 0.0489 e. The molecular weight excluding hydrogens is 603 g/mol. The highest BCUT2D eigenvalue weighted by molar-refractivity contribution is 5.59. The predicted molar refractivity (Wildman–Crippen MR) is 212 cm³/mol. The van der Waals surface area contributed by atoms with E-state index in [2.05, 4.69) is 205 Å². The first-order valence-electron chi connectivity index (χ1n) is 18.0. The topological polar surface area (TPSA) is 3.24 Å². The smallest absolute Gasteiger partial charge is 0.0489 e. The van der Waals surface area contributed by atoms with Gasteiger partial charge in [-0.15, -0.1) is 0 Å². The SMILES string of the molecule is C1=CC(N(/C=C/CCc2ccccc2)/C2=C/c3ccccc3C/C=C\C=C/C2)=CCC(c2ccccc2)(c2ccccc2)c2ccccc2C1. The summed E-state index contributed by atoms with van der Waals surface area (Å²) in [5.74, 6) is 0. The second-order valence-corrected chi connectivity index (χ2v) is 13.1. The summed E-state index contributed by atoms with van der Waals surface area (Å²) in [5, 5.41) is 0. The van der Waals surface area contributed by atoms with Crippen LogP contribution in [0.3, 0.4) is 0 Å². The molecular formula is C49H45N. The van der Waals surface area contributed by atoms with Gasteiger partial charge in [-0.25, -0.2) is 0 Å². The summed E-state index contributed by atoms with van der Waals surface area (Å²) in [4.78, 5) is 2.45. The number of nitrogens with zero attached hydrogens (tertiary/aromatic N) is 1. The molecule has 0 aromatic heterocycles. The lowest BCUT2D eigenvalue weighted by Crippen LogP contribution is -2.30. The Morgan fingerprint density at radius 1 is 0.580 bits per heavy atom. The minimum Gasteiger partial charge on any atom is -0.321 e. The molecule has 0 fully saturated rings. The van der Waals surface area contributed by atoms with Crippen LogP contribution in [-0.2, 0) is 24.7 Å². The molecule has 0 radical (unpaired) electrons. The lowest BCUT2D eigenvalue weighted by molar-refractivity contribution is 0.563. The first-order valence-corrected chi connectivity index (χ1v) is 18.0. The molecule has 0 heterocycles. The Bertz CT molecular complexity index is 2000. The Morgan fingerprint density at radius 3 is 1.92 bits per heavy atom. The van der Waals surface area contributed by atoms with Crippen molar-refractivity contribution in [3.05, 3.63) is 245 Å². The Hall–Kier alpha value is -5.66. The van der Waals surface area contributed by atoms with Crippen LogP contribution in [0.2, 0.25) is 0 Å². The van der Waals surface area contributed by atoms with Gasteiger partial charge in [-0.1, -0.05) is 182 Å². The van der Waals surface area contributed by atoms with Gasteiger partial charge in [0.15, 0.2) is 0 Å². The van der Waals surface area contributed by atoms with Crippen molar-refractivity contribution in [1.29, 1.82) is 0 Å².